The van der Waals surface area contributed by atoms with Crippen molar-refractivity contribution in [3.05, 3.63) is 0 Å². The molecule has 0 aromatic carbocycles. The number of unbranched alkanes of at least 4 members (excludes halogenated alkanes) is 5. The molecule has 0 bridgehead atoms. The fourth-order valence-electron chi connectivity index (χ4n) is 2.70. The van der Waals surface area contributed by atoms with Gasteiger partial charge in [-0.3, -0.25) is 0 Å². The number of hydrogen-bond acceptors (Lipinski definition) is 3. The second-order valence-corrected chi connectivity index (χ2v) is 7.01. The lowest BCUT2D eigenvalue weighted by Gasteiger charge is -2.28. The third kappa shape index (κ3) is 9.75. The van der Waals surface area contributed by atoms with Crippen LogP contribution in [-0.4, -0.2) is 47.3 Å². The van der Waals surface area contributed by atoms with E-state index < -0.39 is 0 Å². The van der Waals surface area contributed by atoms with Gasteiger partial charge in [-0.15, -0.1) is 0 Å². The van der Waals surface area contributed by atoms with Crippen LogP contribution in [0.1, 0.15) is 64.7 Å². The first-order valence-corrected chi connectivity index (χ1v) is 9.46. The van der Waals surface area contributed by atoms with E-state index in [0.29, 0.717) is 0 Å². The normalized spacial score (nSPS) is 18.6. The number of hydrogen-bond donors (Lipinski definition) is 1. The number of likely N-dealkylation sites (tertiary alicyclic amines) is 1. The third-order valence-electron chi connectivity index (χ3n) is 3.87. The largest absolute Gasteiger partial charge is 0.391 e. The highest BCUT2D eigenvalue weighted by Crippen LogP contribution is 2.13. The van der Waals surface area contributed by atoms with Crippen molar-refractivity contribution in [1.82, 2.24) is 4.90 Å². The first-order chi connectivity index (χ1) is 9.33. The van der Waals surface area contributed by atoms with Gasteiger partial charge in [0, 0.05) is 12.3 Å². The highest BCUT2D eigenvalue weighted by atomic mass is 32.2. The molecule has 0 amide bonds. The average molecular weight is 288 g/mol. The van der Waals surface area contributed by atoms with Crippen LogP contribution in [0.2, 0.25) is 0 Å². The predicted molar refractivity (Wildman–Crippen MR) is 87.0 cm³/mol. The monoisotopic (exact) mass is 287 g/mol. The average Bonchev–Trinajstić information content (AvgIpc) is 2.43. The van der Waals surface area contributed by atoms with Crippen LogP contribution in [0, 0.1) is 0 Å². The Morgan fingerprint density at radius 2 is 1.68 bits per heavy atom. The van der Waals surface area contributed by atoms with E-state index in [2.05, 4.69) is 11.8 Å². The molecule has 114 valence electrons. The van der Waals surface area contributed by atoms with Crippen molar-refractivity contribution in [2.75, 3.05) is 31.1 Å². The van der Waals surface area contributed by atoms with Gasteiger partial charge in [-0.1, -0.05) is 45.4 Å². The van der Waals surface area contributed by atoms with Crippen molar-refractivity contribution in [1.29, 1.82) is 0 Å². The van der Waals surface area contributed by atoms with Crippen LogP contribution in [0.3, 0.4) is 0 Å². The predicted octanol–water partition coefficient (Wildman–Crippen LogP) is 3.93. The van der Waals surface area contributed by atoms with Crippen LogP contribution in [0.25, 0.3) is 0 Å². The summed E-state index contributed by atoms with van der Waals surface area (Å²) < 4.78 is 0. The van der Waals surface area contributed by atoms with E-state index in [1.807, 2.05) is 11.8 Å². The third-order valence-corrected chi connectivity index (χ3v) is 5.07. The Morgan fingerprint density at radius 3 is 2.42 bits per heavy atom. The van der Waals surface area contributed by atoms with Crippen LogP contribution < -0.4 is 0 Å². The standard InChI is InChI=1S/C16H33NOS/c1-2-3-4-5-6-10-13-19-15-16(18)14-17-11-8-7-9-12-17/h16,18H,2-15H2,1H3. The van der Waals surface area contributed by atoms with E-state index in [9.17, 15) is 5.11 Å². The summed E-state index contributed by atoms with van der Waals surface area (Å²) >= 11 is 1.94. The minimum atomic E-state index is -0.122. The van der Waals surface area contributed by atoms with Gasteiger partial charge in [0.1, 0.15) is 0 Å². The van der Waals surface area contributed by atoms with Crippen LogP contribution in [-0.2, 0) is 0 Å². The number of β-amino-alcohol motifs (C(OH)–C–C–N with tert-alkyl or cyclic N) is 1. The molecule has 1 fully saturated rings. The molecule has 1 aliphatic heterocycles. The Hall–Kier alpha value is 0.270. The van der Waals surface area contributed by atoms with Gasteiger partial charge in [-0.05, 0) is 38.1 Å². The minimum absolute atomic E-state index is 0.122. The van der Waals surface area contributed by atoms with Gasteiger partial charge in [0.15, 0.2) is 0 Å². The summed E-state index contributed by atoms with van der Waals surface area (Å²) in [6.45, 7) is 5.54. The van der Waals surface area contributed by atoms with E-state index in [4.69, 9.17) is 0 Å². The van der Waals surface area contributed by atoms with Gasteiger partial charge in [0.05, 0.1) is 6.10 Å². The van der Waals surface area contributed by atoms with Gasteiger partial charge in [0.2, 0.25) is 0 Å². The maximum Gasteiger partial charge on any atom is 0.0757 e. The summed E-state index contributed by atoms with van der Waals surface area (Å²) in [5.41, 5.74) is 0. The van der Waals surface area contributed by atoms with Gasteiger partial charge >= 0.3 is 0 Å². The molecule has 0 saturated carbocycles. The summed E-state index contributed by atoms with van der Waals surface area (Å²) in [5, 5.41) is 10.0. The summed E-state index contributed by atoms with van der Waals surface area (Å²) in [5.74, 6) is 2.15. The molecule has 1 rings (SSSR count). The first kappa shape index (κ1) is 17.3. The number of piperidine rings is 1. The molecule has 19 heavy (non-hydrogen) atoms. The lowest BCUT2D eigenvalue weighted by molar-refractivity contribution is 0.117. The molecule has 0 aromatic heterocycles. The Bertz CT molecular complexity index is 195. The lowest BCUT2D eigenvalue weighted by Crippen LogP contribution is -2.37. The molecular formula is C16H33NOS. The smallest absolute Gasteiger partial charge is 0.0757 e. The van der Waals surface area contributed by atoms with Crippen molar-refractivity contribution >= 4 is 11.8 Å². The lowest BCUT2D eigenvalue weighted by atomic mass is 10.1. The SMILES string of the molecule is CCCCCCCCSCC(O)CN1CCCCC1. The Labute approximate surface area is 124 Å². The maximum atomic E-state index is 10.0. The molecule has 3 heteroatoms. The topological polar surface area (TPSA) is 23.5 Å². The zero-order chi connectivity index (χ0) is 13.8. The van der Waals surface area contributed by atoms with Crippen LogP contribution >= 0.6 is 11.8 Å². The molecule has 0 aromatic rings. The zero-order valence-electron chi connectivity index (χ0n) is 12.8. The number of nitrogens with zero attached hydrogens (tertiary/aromatic N) is 1. The maximum absolute atomic E-state index is 10.0. The van der Waals surface area contributed by atoms with Crippen molar-refractivity contribution < 1.29 is 5.11 Å². The van der Waals surface area contributed by atoms with Gasteiger partial charge in [-0.2, -0.15) is 11.8 Å². The summed E-state index contributed by atoms with van der Waals surface area (Å²) in [4.78, 5) is 2.43. The summed E-state index contributed by atoms with van der Waals surface area (Å²) in [7, 11) is 0. The molecule has 1 atom stereocenters. The van der Waals surface area contributed by atoms with E-state index in [1.165, 1.54) is 76.6 Å². The number of rotatable bonds is 11. The van der Waals surface area contributed by atoms with E-state index in [-0.39, 0.29) is 6.10 Å². The molecule has 0 aliphatic carbocycles. The van der Waals surface area contributed by atoms with Crippen molar-refractivity contribution in [3.8, 4) is 0 Å². The van der Waals surface area contributed by atoms with Gasteiger partial charge in [-0.25, -0.2) is 0 Å². The highest BCUT2D eigenvalue weighted by molar-refractivity contribution is 7.99. The first-order valence-electron chi connectivity index (χ1n) is 8.31. The molecule has 1 N–H and O–H groups in total. The quantitative estimate of drug-likeness (QED) is 0.583. The Morgan fingerprint density at radius 1 is 1.00 bits per heavy atom. The van der Waals surface area contributed by atoms with Gasteiger partial charge < -0.3 is 10.0 Å². The molecule has 1 heterocycles. The van der Waals surface area contributed by atoms with Crippen LogP contribution in [0.4, 0.5) is 0 Å². The Kier molecular flexibility index (Phi) is 11.0. The van der Waals surface area contributed by atoms with Crippen molar-refractivity contribution in [3.63, 3.8) is 0 Å². The fraction of sp³-hybridized carbons (Fsp3) is 1.00. The molecule has 0 spiro atoms. The van der Waals surface area contributed by atoms with Crippen molar-refractivity contribution in [2.24, 2.45) is 0 Å². The summed E-state index contributed by atoms with van der Waals surface area (Å²) in [6, 6.07) is 0. The number of thioether (sulfide) groups is 1. The summed E-state index contributed by atoms with van der Waals surface area (Å²) in [6.07, 6.45) is 12.1. The Balaban J connectivity index is 1.85. The second kappa shape index (κ2) is 12.0. The van der Waals surface area contributed by atoms with E-state index in [0.717, 1.165) is 12.3 Å². The second-order valence-electron chi connectivity index (χ2n) is 5.86. The van der Waals surface area contributed by atoms with Crippen molar-refractivity contribution in [2.45, 2.75) is 70.8 Å². The van der Waals surface area contributed by atoms with Crippen LogP contribution in [0.15, 0.2) is 0 Å². The zero-order valence-corrected chi connectivity index (χ0v) is 13.6. The fourth-order valence-corrected chi connectivity index (χ4v) is 3.65. The number of aliphatic hydroxyl groups is 1. The molecule has 1 aliphatic rings. The molecule has 0 radical (unpaired) electrons. The molecule has 1 saturated heterocycles. The molecular weight excluding hydrogens is 254 g/mol. The minimum Gasteiger partial charge on any atom is -0.391 e. The van der Waals surface area contributed by atoms with Crippen LogP contribution in [0.5, 0.6) is 0 Å². The highest BCUT2D eigenvalue weighted by Gasteiger charge is 2.14. The van der Waals surface area contributed by atoms with Gasteiger partial charge in [0.25, 0.3) is 0 Å². The van der Waals surface area contributed by atoms with E-state index >= 15 is 0 Å². The molecule has 1 unspecified atom stereocenters. The van der Waals surface area contributed by atoms with E-state index in [1.54, 1.807) is 0 Å². The molecule has 2 nitrogen and oxygen atoms in total. The number of aliphatic hydroxyl groups excluding tert-OH is 1.